The van der Waals surface area contributed by atoms with Gasteiger partial charge in [0.05, 0.1) is 5.52 Å². The van der Waals surface area contributed by atoms with Crippen LogP contribution in [-0.2, 0) is 6.42 Å². The SMILES string of the molecule is CC(N)Cc1ccnc(-c2ccc3ccccc3n2)n1. The zero-order chi connectivity index (χ0) is 13.9. The quantitative estimate of drug-likeness (QED) is 0.789. The van der Waals surface area contributed by atoms with Crippen molar-refractivity contribution in [1.82, 2.24) is 15.0 Å². The molecular weight excluding hydrogens is 248 g/mol. The van der Waals surface area contributed by atoms with Crippen LogP contribution < -0.4 is 5.73 Å². The van der Waals surface area contributed by atoms with Crippen LogP contribution in [0.15, 0.2) is 48.7 Å². The summed E-state index contributed by atoms with van der Waals surface area (Å²) >= 11 is 0. The van der Waals surface area contributed by atoms with Gasteiger partial charge < -0.3 is 5.73 Å². The lowest BCUT2D eigenvalue weighted by atomic mass is 10.2. The van der Waals surface area contributed by atoms with Crippen molar-refractivity contribution in [2.75, 3.05) is 0 Å². The number of aromatic nitrogens is 3. The minimum Gasteiger partial charge on any atom is -0.328 e. The van der Waals surface area contributed by atoms with E-state index in [1.165, 1.54) is 0 Å². The molecule has 0 aliphatic carbocycles. The summed E-state index contributed by atoms with van der Waals surface area (Å²) in [5.74, 6) is 0.647. The van der Waals surface area contributed by atoms with Crippen LogP contribution in [0.4, 0.5) is 0 Å². The largest absolute Gasteiger partial charge is 0.328 e. The van der Waals surface area contributed by atoms with E-state index in [0.29, 0.717) is 5.82 Å². The van der Waals surface area contributed by atoms with Gasteiger partial charge in [-0.25, -0.2) is 15.0 Å². The summed E-state index contributed by atoms with van der Waals surface area (Å²) in [7, 11) is 0. The van der Waals surface area contributed by atoms with Gasteiger partial charge in [-0.15, -0.1) is 0 Å². The van der Waals surface area contributed by atoms with E-state index in [2.05, 4.69) is 15.0 Å². The summed E-state index contributed by atoms with van der Waals surface area (Å²) in [6.07, 6.45) is 2.50. The average molecular weight is 264 g/mol. The predicted octanol–water partition coefficient (Wildman–Crippen LogP) is 2.58. The molecule has 4 heteroatoms. The van der Waals surface area contributed by atoms with Crippen molar-refractivity contribution in [2.45, 2.75) is 19.4 Å². The fraction of sp³-hybridized carbons (Fsp3) is 0.188. The first-order valence-corrected chi connectivity index (χ1v) is 6.66. The smallest absolute Gasteiger partial charge is 0.178 e. The van der Waals surface area contributed by atoms with Crippen molar-refractivity contribution in [2.24, 2.45) is 5.73 Å². The molecule has 0 radical (unpaired) electrons. The molecule has 4 nitrogen and oxygen atoms in total. The Labute approximate surface area is 117 Å². The van der Waals surface area contributed by atoms with Crippen LogP contribution >= 0.6 is 0 Å². The van der Waals surface area contributed by atoms with Gasteiger partial charge in [-0.1, -0.05) is 24.3 Å². The van der Waals surface area contributed by atoms with Crippen LogP contribution in [0.3, 0.4) is 0 Å². The lowest BCUT2D eigenvalue weighted by Gasteiger charge is -2.06. The van der Waals surface area contributed by atoms with E-state index in [1.54, 1.807) is 6.20 Å². The van der Waals surface area contributed by atoms with Crippen LogP contribution in [0.1, 0.15) is 12.6 Å². The fourth-order valence-corrected chi connectivity index (χ4v) is 2.15. The van der Waals surface area contributed by atoms with Gasteiger partial charge in [0.25, 0.3) is 0 Å². The summed E-state index contributed by atoms with van der Waals surface area (Å²) in [5.41, 5.74) is 8.49. The first-order valence-electron chi connectivity index (χ1n) is 6.66. The summed E-state index contributed by atoms with van der Waals surface area (Å²) in [6.45, 7) is 1.97. The minimum atomic E-state index is 0.0855. The molecule has 3 aromatic rings. The molecule has 0 amide bonds. The summed E-state index contributed by atoms with van der Waals surface area (Å²) in [4.78, 5) is 13.5. The third-order valence-corrected chi connectivity index (χ3v) is 3.07. The molecule has 100 valence electrons. The molecule has 0 bridgehead atoms. The van der Waals surface area contributed by atoms with E-state index in [9.17, 15) is 0 Å². The Morgan fingerprint density at radius 1 is 1.05 bits per heavy atom. The number of rotatable bonds is 3. The molecule has 0 aliphatic rings. The predicted molar refractivity (Wildman–Crippen MR) is 80.1 cm³/mol. The Balaban J connectivity index is 2.01. The molecule has 2 heterocycles. The van der Waals surface area contributed by atoms with Gasteiger partial charge in [-0.3, -0.25) is 0 Å². The van der Waals surface area contributed by atoms with Crippen LogP contribution in [0.25, 0.3) is 22.4 Å². The molecule has 0 saturated carbocycles. The Hall–Kier alpha value is -2.33. The Kier molecular flexibility index (Phi) is 3.39. The molecule has 2 aromatic heterocycles. The van der Waals surface area contributed by atoms with Crippen LogP contribution in [-0.4, -0.2) is 21.0 Å². The second-order valence-electron chi connectivity index (χ2n) is 4.94. The zero-order valence-corrected chi connectivity index (χ0v) is 11.3. The molecule has 2 N–H and O–H groups in total. The maximum absolute atomic E-state index is 5.81. The summed E-state index contributed by atoms with van der Waals surface area (Å²) < 4.78 is 0. The third-order valence-electron chi connectivity index (χ3n) is 3.07. The van der Waals surface area contributed by atoms with Crippen LogP contribution in [0.2, 0.25) is 0 Å². The Morgan fingerprint density at radius 3 is 2.75 bits per heavy atom. The van der Waals surface area contributed by atoms with Gasteiger partial charge in [0.1, 0.15) is 5.69 Å². The summed E-state index contributed by atoms with van der Waals surface area (Å²) in [6, 6.07) is 14.0. The second kappa shape index (κ2) is 5.35. The summed E-state index contributed by atoms with van der Waals surface area (Å²) in [5, 5.41) is 1.11. The molecule has 0 spiro atoms. The normalized spacial score (nSPS) is 12.5. The Bertz CT molecular complexity index is 737. The van der Waals surface area contributed by atoms with E-state index >= 15 is 0 Å². The lowest BCUT2D eigenvalue weighted by molar-refractivity contribution is 0.720. The Morgan fingerprint density at radius 2 is 1.90 bits per heavy atom. The second-order valence-corrected chi connectivity index (χ2v) is 4.94. The van der Waals surface area contributed by atoms with Crippen molar-refractivity contribution in [3.63, 3.8) is 0 Å². The molecule has 20 heavy (non-hydrogen) atoms. The first kappa shape index (κ1) is 12.7. The fourth-order valence-electron chi connectivity index (χ4n) is 2.15. The molecule has 0 fully saturated rings. The number of hydrogen-bond donors (Lipinski definition) is 1. The highest BCUT2D eigenvalue weighted by atomic mass is 14.9. The molecule has 1 unspecified atom stereocenters. The van der Waals surface area contributed by atoms with Crippen molar-refractivity contribution in [1.29, 1.82) is 0 Å². The monoisotopic (exact) mass is 264 g/mol. The van der Waals surface area contributed by atoms with Gasteiger partial charge in [-0.05, 0) is 25.1 Å². The van der Waals surface area contributed by atoms with Gasteiger partial charge >= 0.3 is 0 Å². The topological polar surface area (TPSA) is 64.7 Å². The number of pyridine rings is 1. The van der Waals surface area contributed by atoms with E-state index in [0.717, 1.165) is 28.7 Å². The highest BCUT2D eigenvalue weighted by molar-refractivity contribution is 5.80. The third kappa shape index (κ3) is 2.65. The van der Waals surface area contributed by atoms with Crippen molar-refractivity contribution in [3.05, 3.63) is 54.4 Å². The molecular formula is C16H16N4. The maximum Gasteiger partial charge on any atom is 0.178 e. The van der Waals surface area contributed by atoms with E-state index in [4.69, 9.17) is 5.73 Å². The maximum atomic E-state index is 5.81. The van der Waals surface area contributed by atoms with Gasteiger partial charge in [0, 0.05) is 29.7 Å². The van der Waals surface area contributed by atoms with Crippen molar-refractivity contribution >= 4 is 10.9 Å². The highest BCUT2D eigenvalue weighted by Gasteiger charge is 2.06. The zero-order valence-electron chi connectivity index (χ0n) is 11.3. The van der Waals surface area contributed by atoms with E-state index in [1.807, 2.05) is 49.4 Å². The molecule has 1 aromatic carbocycles. The van der Waals surface area contributed by atoms with Crippen molar-refractivity contribution in [3.8, 4) is 11.5 Å². The number of benzene rings is 1. The van der Waals surface area contributed by atoms with Crippen LogP contribution in [0.5, 0.6) is 0 Å². The highest BCUT2D eigenvalue weighted by Crippen LogP contribution is 2.18. The molecule has 3 rings (SSSR count). The number of para-hydroxylation sites is 1. The number of nitrogens with zero attached hydrogens (tertiary/aromatic N) is 3. The van der Waals surface area contributed by atoms with E-state index < -0.39 is 0 Å². The van der Waals surface area contributed by atoms with Gasteiger partial charge in [0.15, 0.2) is 5.82 Å². The number of hydrogen-bond acceptors (Lipinski definition) is 4. The van der Waals surface area contributed by atoms with E-state index in [-0.39, 0.29) is 6.04 Å². The molecule has 1 atom stereocenters. The number of nitrogens with two attached hydrogens (primary N) is 1. The average Bonchev–Trinajstić information content (AvgIpc) is 2.46. The minimum absolute atomic E-state index is 0.0855. The molecule has 0 saturated heterocycles. The number of fused-ring (bicyclic) bond motifs is 1. The van der Waals surface area contributed by atoms with Crippen molar-refractivity contribution < 1.29 is 0 Å². The van der Waals surface area contributed by atoms with Crippen LogP contribution in [0, 0.1) is 0 Å². The lowest BCUT2D eigenvalue weighted by Crippen LogP contribution is -2.18. The van der Waals surface area contributed by atoms with Gasteiger partial charge in [-0.2, -0.15) is 0 Å². The standard InChI is InChI=1S/C16H16N4/c1-11(17)10-13-8-9-18-16(19-13)15-7-6-12-4-2-3-5-14(12)20-15/h2-9,11H,10,17H2,1H3. The molecule has 0 aliphatic heterocycles. The van der Waals surface area contributed by atoms with Gasteiger partial charge in [0.2, 0.25) is 0 Å². The first-order chi connectivity index (χ1) is 9.72.